The molecule has 1 heterocycles. The molecule has 4 unspecified atom stereocenters. The Bertz CT molecular complexity index is 801. The molecular formula is C17H27N7O8. The summed E-state index contributed by atoms with van der Waals surface area (Å²) in [5, 5.41) is 33.9. The third-order valence-electron chi connectivity index (χ3n) is 4.26. The number of carboxylic acid groups (broad SMARTS) is 1. The Kier molecular flexibility index (Phi) is 10.7. The number of hydrogen-bond donors (Lipinski definition) is 9. The number of nitrogens with one attached hydrogen (secondary N) is 4. The molecule has 32 heavy (non-hydrogen) atoms. The van der Waals surface area contributed by atoms with Gasteiger partial charge in [0.25, 0.3) is 0 Å². The van der Waals surface area contributed by atoms with E-state index in [0.717, 1.165) is 0 Å². The number of imidazole rings is 1. The van der Waals surface area contributed by atoms with Gasteiger partial charge in [0, 0.05) is 24.7 Å². The number of hydrogen-bond acceptors (Lipinski definition) is 9. The highest BCUT2D eigenvalue weighted by molar-refractivity contribution is 5.94. The molecule has 1 aromatic rings. The lowest BCUT2D eigenvalue weighted by molar-refractivity contribution is -0.143. The second kappa shape index (κ2) is 13.0. The van der Waals surface area contributed by atoms with Crippen molar-refractivity contribution in [2.75, 3.05) is 13.2 Å². The number of amides is 4. The largest absolute Gasteiger partial charge is 0.480 e. The van der Waals surface area contributed by atoms with Crippen LogP contribution in [0.15, 0.2) is 12.5 Å². The minimum absolute atomic E-state index is 0.0764. The van der Waals surface area contributed by atoms with Crippen LogP contribution in [0.25, 0.3) is 0 Å². The van der Waals surface area contributed by atoms with E-state index in [9.17, 15) is 29.1 Å². The summed E-state index contributed by atoms with van der Waals surface area (Å²) in [6, 6.07) is -5.66. The Labute approximate surface area is 181 Å². The Morgan fingerprint density at radius 1 is 0.969 bits per heavy atom. The van der Waals surface area contributed by atoms with Crippen molar-refractivity contribution >= 4 is 29.6 Å². The minimum Gasteiger partial charge on any atom is -0.480 e. The Morgan fingerprint density at radius 2 is 1.53 bits per heavy atom. The summed E-state index contributed by atoms with van der Waals surface area (Å²) in [6.07, 6.45) is 2.30. The standard InChI is InChI=1S/C17H27N7O8/c18-9(3-8-4-20-7-21-8)14(28)23-11(5-25)16(30)22-10(1-2-13(19)27)15(29)24-12(6-26)17(31)32/h4,7,9-12,25-26H,1-3,5-6,18H2,(H2,19,27)(H,20,21)(H,22,30)(H,23,28)(H,24,29)(H,31,32). The van der Waals surface area contributed by atoms with Crippen LogP contribution in [-0.4, -0.2) is 92.3 Å². The molecule has 0 aliphatic heterocycles. The Morgan fingerprint density at radius 3 is 2.03 bits per heavy atom. The number of aliphatic hydroxyl groups excluding tert-OH is 2. The van der Waals surface area contributed by atoms with Crippen LogP contribution >= 0.6 is 0 Å². The first kappa shape index (κ1) is 26.5. The maximum Gasteiger partial charge on any atom is 0.328 e. The molecule has 0 aromatic carbocycles. The van der Waals surface area contributed by atoms with Crippen LogP contribution in [-0.2, 0) is 30.4 Å². The quantitative estimate of drug-likeness (QED) is 0.128. The molecule has 0 saturated carbocycles. The fraction of sp³-hybridized carbons (Fsp3) is 0.529. The Hall–Kier alpha value is -3.56. The molecule has 11 N–H and O–H groups in total. The van der Waals surface area contributed by atoms with Crippen molar-refractivity contribution in [3.8, 4) is 0 Å². The van der Waals surface area contributed by atoms with Crippen LogP contribution in [0.4, 0.5) is 0 Å². The van der Waals surface area contributed by atoms with E-state index in [-0.39, 0.29) is 19.3 Å². The molecule has 15 heteroatoms. The zero-order valence-electron chi connectivity index (χ0n) is 17.0. The van der Waals surface area contributed by atoms with Crippen molar-refractivity contribution in [1.82, 2.24) is 25.9 Å². The van der Waals surface area contributed by atoms with Gasteiger partial charge in [-0.25, -0.2) is 9.78 Å². The van der Waals surface area contributed by atoms with Gasteiger partial charge in [-0.05, 0) is 6.42 Å². The summed E-state index contributed by atoms with van der Waals surface area (Å²) in [4.78, 5) is 65.7. The maximum absolute atomic E-state index is 12.5. The number of rotatable bonds is 14. The van der Waals surface area contributed by atoms with Gasteiger partial charge in [0.2, 0.25) is 23.6 Å². The first-order chi connectivity index (χ1) is 15.1. The zero-order chi connectivity index (χ0) is 24.3. The summed E-state index contributed by atoms with van der Waals surface area (Å²) >= 11 is 0. The lowest BCUT2D eigenvalue weighted by Gasteiger charge is -2.23. The normalized spacial score (nSPS) is 14.5. The summed E-state index contributed by atoms with van der Waals surface area (Å²) < 4.78 is 0. The molecule has 0 bridgehead atoms. The Balaban J connectivity index is 2.80. The zero-order valence-corrected chi connectivity index (χ0v) is 17.0. The third-order valence-corrected chi connectivity index (χ3v) is 4.26. The number of H-pyrrole nitrogens is 1. The maximum atomic E-state index is 12.5. The predicted molar refractivity (Wildman–Crippen MR) is 106 cm³/mol. The van der Waals surface area contributed by atoms with Crippen molar-refractivity contribution in [3.05, 3.63) is 18.2 Å². The fourth-order valence-corrected chi connectivity index (χ4v) is 2.48. The van der Waals surface area contributed by atoms with Crippen LogP contribution in [0.2, 0.25) is 0 Å². The highest BCUT2D eigenvalue weighted by Crippen LogP contribution is 2.01. The van der Waals surface area contributed by atoms with Crippen LogP contribution in [0.3, 0.4) is 0 Å². The summed E-state index contributed by atoms with van der Waals surface area (Å²) in [5.74, 6) is -5.08. The molecule has 0 aliphatic rings. The summed E-state index contributed by atoms with van der Waals surface area (Å²) in [6.45, 7) is -1.76. The molecule has 1 rings (SSSR count). The third kappa shape index (κ3) is 8.66. The molecule has 0 saturated heterocycles. The number of carbonyl (C=O) groups excluding carboxylic acids is 4. The molecule has 1 aromatic heterocycles. The number of aliphatic carboxylic acids is 1. The molecule has 0 aliphatic carbocycles. The predicted octanol–water partition coefficient (Wildman–Crippen LogP) is -4.93. The van der Waals surface area contributed by atoms with Crippen LogP contribution < -0.4 is 27.4 Å². The molecule has 15 nitrogen and oxygen atoms in total. The van der Waals surface area contributed by atoms with Gasteiger partial charge in [-0.2, -0.15) is 0 Å². The van der Waals surface area contributed by atoms with Gasteiger partial charge in [-0.15, -0.1) is 0 Å². The highest BCUT2D eigenvalue weighted by Gasteiger charge is 2.30. The van der Waals surface area contributed by atoms with Crippen molar-refractivity contribution in [2.45, 2.75) is 43.4 Å². The van der Waals surface area contributed by atoms with Gasteiger partial charge in [0.05, 0.1) is 25.6 Å². The molecule has 4 amide bonds. The number of aromatic nitrogens is 2. The van der Waals surface area contributed by atoms with Gasteiger partial charge in [0.1, 0.15) is 18.1 Å². The fourth-order valence-electron chi connectivity index (χ4n) is 2.48. The van der Waals surface area contributed by atoms with Gasteiger partial charge in [-0.3, -0.25) is 19.2 Å². The van der Waals surface area contributed by atoms with Crippen LogP contribution in [0.5, 0.6) is 0 Å². The molecule has 4 atom stereocenters. The van der Waals surface area contributed by atoms with Gasteiger partial charge < -0.3 is 47.7 Å². The lowest BCUT2D eigenvalue weighted by atomic mass is 10.1. The minimum atomic E-state index is -1.65. The first-order valence-corrected chi connectivity index (χ1v) is 9.45. The number of nitrogens with zero attached hydrogens (tertiary/aromatic N) is 1. The van der Waals surface area contributed by atoms with Crippen molar-refractivity contribution in [2.24, 2.45) is 11.5 Å². The topological polar surface area (TPSA) is 263 Å². The summed E-state index contributed by atoms with van der Waals surface area (Å²) in [5.41, 5.74) is 11.4. The number of aliphatic hydroxyl groups is 2. The highest BCUT2D eigenvalue weighted by atomic mass is 16.4. The van der Waals surface area contributed by atoms with E-state index in [1.165, 1.54) is 12.5 Å². The van der Waals surface area contributed by atoms with Crippen molar-refractivity contribution in [3.63, 3.8) is 0 Å². The van der Waals surface area contributed by atoms with Crippen LogP contribution in [0, 0.1) is 0 Å². The summed E-state index contributed by atoms with van der Waals surface area (Å²) in [7, 11) is 0. The van der Waals surface area contributed by atoms with Crippen LogP contribution in [0.1, 0.15) is 18.5 Å². The van der Waals surface area contributed by atoms with E-state index in [4.69, 9.17) is 21.7 Å². The van der Waals surface area contributed by atoms with E-state index in [2.05, 4.69) is 20.6 Å². The lowest BCUT2D eigenvalue weighted by Crippen LogP contribution is -2.58. The molecule has 0 fully saturated rings. The molecule has 0 spiro atoms. The van der Waals surface area contributed by atoms with E-state index in [1.807, 2.05) is 5.32 Å². The monoisotopic (exact) mass is 457 g/mol. The molecular weight excluding hydrogens is 430 g/mol. The number of primary amides is 1. The molecule has 178 valence electrons. The second-order valence-corrected chi connectivity index (χ2v) is 6.78. The SMILES string of the molecule is NC(=O)CCC(NC(=O)C(CO)NC(=O)C(N)Cc1cnc[nH]1)C(=O)NC(CO)C(=O)O. The van der Waals surface area contributed by atoms with Gasteiger partial charge >= 0.3 is 5.97 Å². The molecule has 0 radical (unpaired) electrons. The average Bonchev–Trinajstić information content (AvgIpc) is 3.25. The van der Waals surface area contributed by atoms with E-state index in [0.29, 0.717) is 5.69 Å². The van der Waals surface area contributed by atoms with Crippen molar-refractivity contribution in [1.29, 1.82) is 0 Å². The number of aromatic amines is 1. The average molecular weight is 457 g/mol. The van der Waals surface area contributed by atoms with E-state index >= 15 is 0 Å². The van der Waals surface area contributed by atoms with E-state index < -0.39 is 67.0 Å². The second-order valence-electron chi connectivity index (χ2n) is 6.78. The van der Waals surface area contributed by atoms with Gasteiger partial charge in [0.15, 0.2) is 0 Å². The van der Waals surface area contributed by atoms with E-state index in [1.54, 1.807) is 0 Å². The van der Waals surface area contributed by atoms with Gasteiger partial charge in [-0.1, -0.05) is 0 Å². The number of nitrogens with two attached hydrogens (primary N) is 2. The van der Waals surface area contributed by atoms with Crippen molar-refractivity contribution < 1.29 is 39.3 Å². The number of carboxylic acids is 1. The first-order valence-electron chi connectivity index (χ1n) is 9.45. The smallest absolute Gasteiger partial charge is 0.328 e. The number of carbonyl (C=O) groups is 5.